The van der Waals surface area contributed by atoms with Crippen molar-refractivity contribution in [3.63, 3.8) is 0 Å². The highest BCUT2D eigenvalue weighted by molar-refractivity contribution is 5.91. The molecule has 340 valence electrons. The highest BCUT2D eigenvalue weighted by Gasteiger charge is 2.54. The number of ether oxygens (including phenoxy) is 9. The van der Waals surface area contributed by atoms with Gasteiger partial charge in [0.25, 0.3) is 0 Å². The third-order valence-corrected chi connectivity index (χ3v) is 11.1. The fraction of sp³-hybridized carbons (Fsp3) is 0.767. The summed E-state index contributed by atoms with van der Waals surface area (Å²) < 4.78 is 54.6. The van der Waals surface area contributed by atoms with Crippen molar-refractivity contribution in [3.8, 4) is 0 Å². The molecule has 0 aromatic rings. The molecule has 15 atom stereocenters. The molecule has 3 aliphatic heterocycles. The van der Waals surface area contributed by atoms with E-state index in [1.54, 1.807) is 85.7 Å². The minimum atomic E-state index is -1.44. The van der Waals surface area contributed by atoms with Crippen molar-refractivity contribution in [1.82, 2.24) is 4.90 Å². The van der Waals surface area contributed by atoms with Crippen molar-refractivity contribution >= 4 is 35.9 Å². The second-order valence-electron chi connectivity index (χ2n) is 16.3. The van der Waals surface area contributed by atoms with Crippen LogP contribution in [0, 0.1) is 11.8 Å². The summed E-state index contributed by atoms with van der Waals surface area (Å²) in [5.41, 5.74) is -1.32. The van der Waals surface area contributed by atoms with Gasteiger partial charge in [-0.15, -0.1) is 0 Å². The monoisotopic (exact) mass is 853 g/mol. The number of aliphatic hydroxyl groups excluding tert-OH is 1. The molecule has 0 saturated carbocycles. The Hall–Kier alpha value is -3.58. The van der Waals surface area contributed by atoms with Crippen LogP contribution in [0.15, 0.2) is 24.3 Å². The lowest BCUT2D eigenvalue weighted by Gasteiger charge is -2.50. The molecule has 3 aliphatic rings. The molecule has 1 N–H and O–H groups in total. The highest BCUT2D eigenvalue weighted by Crippen LogP contribution is 2.39. The zero-order valence-electron chi connectivity index (χ0n) is 36.9. The lowest BCUT2D eigenvalue weighted by Crippen LogP contribution is -2.66. The van der Waals surface area contributed by atoms with E-state index in [2.05, 4.69) is 0 Å². The van der Waals surface area contributed by atoms with Crippen molar-refractivity contribution in [2.24, 2.45) is 11.8 Å². The number of allylic oxidation sites excluding steroid dienone is 3. The van der Waals surface area contributed by atoms with Gasteiger partial charge in [-0.3, -0.25) is 24.0 Å². The summed E-state index contributed by atoms with van der Waals surface area (Å²) in [6.45, 7) is 13.0. The first-order valence-corrected chi connectivity index (χ1v) is 20.9. The first-order chi connectivity index (χ1) is 28.3. The van der Waals surface area contributed by atoms with Gasteiger partial charge in [-0.05, 0) is 60.2 Å². The molecule has 17 heteroatoms. The van der Waals surface area contributed by atoms with Gasteiger partial charge in [0.15, 0.2) is 30.1 Å². The molecule has 2 saturated heterocycles. The number of aliphatic hydroxyl groups is 1. The smallest absolute Gasteiger partial charge is 0.309 e. The van der Waals surface area contributed by atoms with E-state index in [1.165, 1.54) is 20.1 Å². The summed E-state index contributed by atoms with van der Waals surface area (Å²) in [6, 6.07) is -0.825. The Labute approximate surface area is 353 Å². The lowest BCUT2D eigenvalue weighted by atomic mass is 9.83. The number of cyclic esters (lactones) is 1. The third-order valence-electron chi connectivity index (χ3n) is 11.1. The van der Waals surface area contributed by atoms with E-state index in [-0.39, 0.29) is 37.9 Å². The Morgan fingerprint density at radius 2 is 1.62 bits per heavy atom. The zero-order chi connectivity index (χ0) is 44.9. The molecule has 0 radical (unpaired) electrons. The number of aldehydes is 1. The summed E-state index contributed by atoms with van der Waals surface area (Å²) in [5.74, 6) is -3.97. The molecule has 3 rings (SSSR count). The van der Waals surface area contributed by atoms with E-state index in [4.69, 9.17) is 42.6 Å². The maximum absolute atomic E-state index is 13.3. The van der Waals surface area contributed by atoms with Crippen molar-refractivity contribution in [3.05, 3.63) is 24.3 Å². The van der Waals surface area contributed by atoms with Gasteiger partial charge in [0.05, 0.1) is 30.8 Å². The molecule has 0 aliphatic carbocycles. The van der Waals surface area contributed by atoms with Crippen LogP contribution in [0.3, 0.4) is 0 Å². The Bertz CT molecular complexity index is 1520. The van der Waals surface area contributed by atoms with Crippen molar-refractivity contribution in [2.45, 2.75) is 179 Å². The number of nitrogens with zero attached hydrogens (tertiary/aromatic N) is 1. The van der Waals surface area contributed by atoms with Gasteiger partial charge in [0.2, 0.25) is 0 Å². The Kier molecular flexibility index (Phi) is 20.0. The van der Waals surface area contributed by atoms with Crippen LogP contribution in [0.1, 0.15) is 100 Å². The van der Waals surface area contributed by atoms with Gasteiger partial charge in [-0.25, -0.2) is 0 Å². The number of rotatable bonds is 13. The summed E-state index contributed by atoms with van der Waals surface area (Å²) in [7, 11) is 4.81. The van der Waals surface area contributed by atoms with Gasteiger partial charge in [-0.2, -0.15) is 0 Å². The van der Waals surface area contributed by atoms with Crippen LogP contribution < -0.4 is 0 Å². The summed E-state index contributed by atoms with van der Waals surface area (Å²) >= 11 is 0. The van der Waals surface area contributed by atoms with E-state index < -0.39 is 121 Å². The molecular formula is C43H67NO16. The second-order valence-corrected chi connectivity index (χ2v) is 16.3. The molecule has 0 aromatic carbocycles. The molecule has 0 unspecified atom stereocenters. The van der Waals surface area contributed by atoms with Gasteiger partial charge in [0, 0.05) is 52.1 Å². The predicted octanol–water partition coefficient (Wildman–Crippen LogP) is 3.55. The fourth-order valence-corrected chi connectivity index (χ4v) is 8.13. The van der Waals surface area contributed by atoms with E-state index >= 15 is 0 Å². The number of carbonyl (C=O) groups excluding carboxylic acids is 6. The van der Waals surface area contributed by atoms with Crippen molar-refractivity contribution < 1.29 is 76.5 Å². The van der Waals surface area contributed by atoms with Crippen LogP contribution in [0.4, 0.5) is 0 Å². The number of hydrogen-bond acceptors (Lipinski definition) is 17. The normalized spacial score (nSPS) is 38.3. The predicted molar refractivity (Wildman–Crippen MR) is 214 cm³/mol. The third kappa shape index (κ3) is 14.0. The van der Waals surface area contributed by atoms with E-state index in [0.29, 0.717) is 12.7 Å². The van der Waals surface area contributed by atoms with Crippen LogP contribution in [-0.2, 0) is 71.4 Å². The molecule has 0 amide bonds. The Morgan fingerprint density at radius 3 is 2.22 bits per heavy atom. The maximum Gasteiger partial charge on any atom is 0.309 e. The lowest BCUT2D eigenvalue weighted by molar-refractivity contribution is -0.344. The minimum absolute atomic E-state index is 0.0216. The fourth-order valence-electron chi connectivity index (χ4n) is 8.13. The number of hydrogen-bond donors (Lipinski definition) is 1. The first kappa shape index (κ1) is 50.8. The van der Waals surface area contributed by atoms with Gasteiger partial charge in [0.1, 0.15) is 36.8 Å². The largest absolute Gasteiger partial charge is 0.462 e. The molecule has 0 bridgehead atoms. The summed E-state index contributed by atoms with van der Waals surface area (Å²) in [6.07, 6.45) is -4.33. The first-order valence-electron chi connectivity index (χ1n) is 20.9. The molecule has 3 heterocycles. The molecule has 17 nitrogen and oxygen atoms in total. The van der Waals surface area contributed by atoms with E-state index in [0.717, 1.165) is 0 Å². The van der Waals surface area contributed by atoms with Crippen molar-refractivity contribution in [1.29, 1.82) is 0 Å². The molecule has 60 heavy (non-hydrogen) atoms. The standard InChI is InChI=1S/C43H67NO16/c1-12-32(48)56-31-22-34(50)53-25(4)17-15-14-16-18-30(47)24(3)21-29(19-20-45)39(40(31)52-11)59-42-37(51)36(44(9)10)38(26(5)55-42)58-35-23-43(8,60-28(7)46)41(27(6)54-35)57-33(49)13-2/h14-16,18,20,24-27,29,31,35-42,51H,12-13,17,19,21-23H2,1-11H3/b15-14+,18-16+/t24-,25-,26+,27+,29+,31-,35-,36-,37+,38-,39+,40+,41+,42+,43-/m1/s1. The molecule has 2 fully saturated rings. The average Bonchev–Trinajstić information content (AvgIpc) is 3.16. The number of ketones is 1. The van der Waals surface area contributed by atoms with Gasteiger partial charge >= 0.3 is 23.9 Å². The van der Waals surface area contributed by atoms with Crippen molar-refractivity contribution in [2.75, 3.05) is 21.2 Å². The van der Waals surface area contributed by atoms with Crippen LogP contribution in [0.25, 0.3) is 0 Å². The van der Waals surface area contributed by atoms with Crippen LogP contribution in [-0.4, -0.2) is 146 Å². The molecular weight excluding hydrogens is 786 g/mol. The molecule has 0 aromatic heterocycles. The summed E-state index contributed by atoms with van der Waals surface area (Å²) in [4.78, 5) is 78.2. The average molecular weight is 854 g/mol. The minimum Gasteiger partial charge on any atom is -0.462 e. The highest BCUT2D eigenvalue weighted by atomic mass is 16.7. The summed E-state index contributed by atoms with van der Waals surface area (Å²) in [5, 5.41) is 12.1. The number of likely N-dealkylation sites (N-methyl/N-ethyl adjacent to an activating group) is 1. The number of esters is 4. The van der Waals surface area contributed by atoms with E-state index in [1.807, 2.05) is 0 Å². The Balaban J connectivity index is 2.04. The molecule has 0 spiro atoms. The quantitative estimate of drug-likeness (QED) is 0.160. The maximum atomic E-state index is 13.3. The Morgan fingerprint density at radius 1 is 0.950 bits per heavy atom. The van der Waals surface area contributed by atoms with Gasteiger partial charge < -0.3 is 57.4 Å². The van der Waals surface area contributed by atoms with E-state index in [9.17, 15) is 33.9 Å². The zero-order valence-corrected chi connectivity index (χ0v) is 36.9. The van der Waals surface area contributed by atoms with Crippen LogP contribution in [0.2, 0.25) is 0 Å². The SMILES string of the molecule is CCC(=O)O[C@@H]1CC(=O)O[C@H](C)C/C=C/C=C/C(=O)[C@H](C)C[C@H](CC=O)[C@H](O[C@@H]2O[C@@H](C)[C@@H](O[C@@H]3C[C@@](C)(OC(C)=O)[C@@H](OC(=O)CC)[C@H](C)O3)[C@H](N(C)C)[C@@H]2O)[C@H]1OC. The number of carbonyl (C=O) groups is 6. The number of methoxy groups -OCH3 is 1. The van der Waals surface area contributed by atoms with Gasteiger partial charge in [-0.1, -0.05) is 39.0 Å². The second kappa shape index (κ2) is 23.6. The van der Waals surface area contributed by atoms with Crippen LogP contribution >= 0.6 is 0 Å². The topological polar surface area (TPSA) is 209 Å². The van der Waals surface area contributed by atoms with Crippen LogP contribution in [0.5, 0.6) is 0 Å².